The van der Waals surface area contributed by atoms with Crippen molar-refractivity contribution in [3.8, 4) is 16.9 Å². The van der Waals surface area contributed by atoms with Crippen molar-refractivity contribution in [2.24, 2.45) is 0 Å². The molecule has 0 radical (unpaired) electrons. The summed E-state index contributed by atoms with van der Waals surface area (Å²) in [5, 5.41) is 13.8. The number of rotatable bonds is 1. The molecule has 0 aliphatic heterocycles. The molecule has 2 heteroatoms. The van der Waals surface area contributed by atoms with Gasteiger partial charge in [-0.05, 0) is 58.5 Å². The topological polar surface area (TPSA) is 20.2 Å². The second kappa shape index (κ2) is 3.90. The fourth-order valence-electron chi connectivity index (χ4n) is 2.01. The predicted octanol–water partition coefficient (Wildman–Crippen LogP) is 4.58. The highest BCUT2D eigenvalue weighted by molar-refractivity contribution is 7.10. The Labute approximate surface area is 104 Å². The molecular formula is C15H12OS. The van der Waals surface area contributed by atoms with Gasteiger partial charge in [-0.15, -0.1) is 11.3 Å². The van der Waals surface area contributed by atoms with Gasteiger partial charge < -0.3 is 5.11 Å². The molecule has 84 valence electrons. The van der Waals surface area contributed by atoms with Crippen molar-refractivity contribution in [2.45, 2.75) is 6.92 Å². The van der Waals surface area contributed by atoms with Gasteiger partial charge in [-0.1, -0.05) is 18.2 Å². The van der Waals surface area contributed by atoms with Crippen molar-refractivity contribution in [1.82, 2.24) is 0 Å². The highest BCUT2D eigenvalue weighted by Crippen LogP contribution is 2.29. The predicted molar refractivity (Wildman–Crippen MR) is 73.7 cm³/mol. The number of aromatic hydroxyl groups is 1. The summed E-state index contributed by atoms with van der Waals surface area (Å²) in [7, 11) is 0. The maximum Gasteiger partial charge on any atom is 0.116 e. The zero-order valence-corrected chi connectivity index (χ0v) is 10.3. The summed E-state index contributed by atoms with van der Waals surface area (Å²) in [6.45, 7) is 2.12. The van der Waals surface area contributed by atoms with Gasteiger partial charge in [-0.3, -0.25) is 0 Å². The SMILES string of the molecule is Cc1cc(-c2ccc3cc(O)ccc3c2)cs1. The number of phenols is 1. The Morgan fingerprint density at radius 2 is 1.65 bits per heavy atom. The maximum atomic E-state index is 9.42. The van der Waals surface area contributed by atoms with Crippen LogP contribution in [0.3, 0.4) is 0 Å². The third-order valence-electron chi connectivity index (χ3n) is 2.89. The summed E-state index contributed by atoms with van der Waals surface area (Å²) in [4.78, 5) is 1.32. The average molecular weight is 240 g/mol. The monoisotopic (exact) mass is 240 g/mol. The van der Waals surface area contributed by atoms with Gasteiger partial charge in [0, 0.05) is 4.88 Å². The van der Waals surface area contributed by atoms with E-state index < -0.39 is 0 Å². The van der Waals surface area contributed by atoms with E-state index in [1.54, 1.807) is 23.5 Å². The molecule has 3 rings (SSSR count). The molecule has 1 heterocycles. The molecule has 0 unspecified atom stereocenters. The van der Waals surface area contributed by atoms with E-state index >= 15 is 0 Å². The molecule has 0 aliphatic carbocycles. The van der Waals surface area contributed by atoms with Crippen LogP contribution < -0.4 is 0 Å². The molecule has 0 spiro atoms. The van der Waals surface area contributed by atoms with Crippen molar-refractivity contribution in [1.29, 1.82) is 0 Å². The van der Waals surface area contributed by atoms with E-state index in [1.165, 1.54) is 16.0 Å². The van der Waals surface area contributed by atoms with Crippen LogP contribution in [0.5, 0.6) is 5.75 Å². The Morgan fingerprint density at radius 1 is 0.882 bits per heavy atom. The Kier molecular flexibility index (Phi) is 2.37. The Balaban J connectivity index is 2.16. The van der Waals surface area contributed by atoms with E-state index in [9.17, 15) is 5.11 Å². The van der Waals surface area contributed by atoms with E-state index in [4.69, 9.17) is 0 Å². The van der Waals surface area contributed by atoms with Crippen LogP contribution in [0.15, 0.2) is 47.8 Å². The summed E-state index contributed by atoms with van der Waals surface area (Å²) in [5.41, 5.74) is 2.50. The van der Waals surface area contributed by atoms with Crippen molar-refractivity contribution in [3.05, 3.63) is 52.7 Å². The molecule has 1 nitrogen and oxygen atoms in total. The molecule has 2 aromatic carbocycles. The second-order valence-electron chi connectivity index (χ2n) is 4.19. The van der Waals surface area contributed by atoms with Crippen molar-refractivity contribution in [3.63, 3.8) is 0 Å². The number of benzene rings is 2. The normalized spacial score (nSPS) is 10.9. The number of thiophene rings is 1. The number of aryl methyl sites for hydroxylation is 1. The highest BCUT2D eigenvalue weighted by atomic mass is 32.1. The zero-order valence-electron chi connectivity index (χ0n) is 9.47. The van der Waals surface area contributed by atoms with Crippen LogP contribution >= 0.6 is 11.3 Å². The standard InChI is InChI=1S/C15H12OS/c1-10-6-14(9-17-10)12-2-3-13-8-15(16)5-4-11(13)7-12/h2-9,16H,1H3. The fourth-order valence-corrected chi connectivity index (χ4v) is 2.72. The van der Waals surface area contributed by atoms with Gasteiger partial charge >= 0.3 is 0 Å². The Hall–Kier alpha value is -1.80. The summed E-state index contributed by atoms with van der Waals surface area (Å²) in [6, 6.07) is 14.0. The molecule has 0 saturated heterocycles. The molecule has 0 saturated carbocycles. The van der Waals surface area contributed by atoms with Gasteiger partial charge in [0.15, 0.2) is 0 Å². The quantitative estimate of drug-likeness (QED) is 0.660. The molecular weight excluding hydrogens is 228 g/mol. The lowest BCUT2D eigenvalue weighted by molar-refractivity contribution is 0.476. The molecule has 17 heavy (non-hydrogen) atoms. The van der Waals surface area contributed by atoms with Gasteiger partial charge in [-0.25, -0.2) is 0 Å². The third-order valence-corrected chi connectivity index (χ3v) is 3.75. The van der Waals surface area contributed by atoms with Crippen LogP contribution in [-0.2, 0) is 0 Å². The summed E-state index contributed by atoms with van der Waals surface area (Å²) in [6.07, 6.45) is 0. The molecule has 1 N–H and O–H groups in total. The smallest absolute Gasteiger partial charge is 0.116 e. The van der Waals surface area contributed by atoms with Crippen LogP contribution in [0.2, 0.25) is 0 Å². The van der Waals surface area contributed by atoms with Crippen LogP contribution in [0, 0.1) is 6.92 Å². The van der Waals surface area contributed by atoms with Crippen LogP contribution in [-0.4, -0.2) is 5.11 Å². The van der Waals surface area contributed by atoms with Gasteiger partial charge in [0.2, 0.25) is 0 Å². The highest BCUT2D eigenvalue weighted by Gasteiger charge is 2.02. The lowest BCUT2D eigenvalue weighted by Crippen LogP contribution is -1.76. The number of hydrogen-bond donors (Lipinski definition) is 1. The van der Waals surface area contributed by atoms with Crippen molar-refractivity contribution < 1.29 is 5.11 Å². The molecule has 0 aliphatic rings. The molecule has 3 aromatic rings. The first-order valence-corrected chi connectivity index (χ1v) is 6.39. The second-order valence-corrected chi connectivity index (χ2v) is 5.31. The zero-order chi connectivity index (χ0) is 11.8. The number of phenolic OH excluding ortho intramolecular Hbond substituents is 1. The van der Waals surface area contributed by atoms with Crippen molar-refractivity contribution in [2.75, 3.05) is 0 Å². The van der Waals surface area contributed by atoms with E-state index in [-0.39, 0.29) is 0 Å². The van der Waals surface area contributed by atoms with E-state index in [0.717, 1.165) is 10.8 Å². The van der Waals surface area contributed by atoms with Gasteiger partial charge in [-0.2, -0.15) is 0 Å². The summed E-state index contributed by atoms with van der Waals surface area (Å²) < 4.78 is 0. The first-order valence-electron chi connectivity index (χ1n) is 5.51. The minimum absolute atomic E-state index is 0.316. The van der Waals surface area contributed by atoms with Crippen molar-refractivity contribution >= 4 is 22.1 Å². The average Bonchev–Trinajstić information content (AvgIpc) is 2.75. The fraction of sp³-hybridized carbons (Fsp3) is 0.0667. The number of fused-ring (bicyclic) bond motifs is 1. The lowest BCUT2D eigenvalue weighted by atomic mass is 10.0. The Morgan fingerprint density at radius 3 is 2.41 bits per heavy atom. The largest absolute Gasteiger partial charge is 0.508 e. The molecule has 0 fully saturated rings. The van der Waals surface area contributed by atoms with E-state index in [1.807, 2.05) is 6.07 Å². The molecule has 0 bridgehead atoms. The summed E-state index contributed by atoms with van der Waals surface area (Å²) >= 11 is 1.77. The lowest BCUT2D eigenvalue weighted by Gasteiger charge is -2.02. The van der Waals surface area contributed by atoms with Gasteiger partial charge in [0.1, 0.15) is 5.75 Å². The van der Waals surface area contributed by atoms with E-state index in [2.05, 4.69) is 36.6 Å². The maximum absolute atomic E-state index is 9.42. The van der Waals surface area contributed by atoms with Crippen LogP contribution in [0.1, 0.15) is 4.88 Å². The summed E-state index contributed by atoms with van der Waals surface area (Å²) in [5.74, 6) is 0.316. The molecule has 0 amide bonds. The van der Waals surface area contributed by atoms with Crippen LogP contribution in [0.4, 0.5) is 0 Å². The minimum Gasteiger partial charge on any atom is -0.508 e. The van der Waals surface area contributed by atoms with E-state index in [0.29, 0.717) is 5.75 Å². The number of hydrogen-bond acceptors (Lipinski definition) is 2. The first-order chi connectivity index (χ1) is 8.22. The van der Waals surface area contributed by atoms with Gasteiger partial charge in [0.05, 0.1) is 0 Å². The minimum atomic E-state index is 0.316. The molecule has 1 aromatic heterocycles. The first kappa shape index (κ1) is 10.4. The van der Waals surface area contributed by atoms with Gasteiger partial charge in [0.25, 0.3) is 0 Å². The third kappa shape index (κ3) is 1.92. The Bertz CT molecular complexity index is 682. The molecule has 0 atom stereocenters. The van der Waals surface area contributed by atoms with Crippen LogP contribution in [0.25, 0.3) is 21.9 Å².